The molecule has 0 radical (unpaired) electrons. The van der Waals surface area contributed by atoms with Crippen LogP contribution < -0.4 is 5.32 Å². The molecule has 3 nitrogen and oxygen atoms in total. The highest BCUT2D eigenvalue weighted by Crippen LogP contribution is 2.32. The molecule has 2 rings (SSSR count). The molecule has 0 amide bonds. The van der Waals surface area contributed by atoms with E-state index >= 15 is 0 Å². The summed E-state index contributed by atoms with van der Waals surface area (Å²) in [5, 5.41) is 7.39. The molecule has 0 fully saturated rings. The number of hydrogen-bond donors (Lipinski definition) is 1. The minimum absolute atomic E-state index is 0.0441. The van der Waals surface area contributed by atoms with Gasteiger partial charge >= 0.3 is 0 Å². The minimum atomic E-state index is -0.480. The van der Waals surface area contributed by atoms with Crippen LogP contribution in [-0.4, -0.2) is 5.16 Å². The summed E-state index contributed by atoms with van der Waals surface area (Å²) in [6.07, 6.45) is 1.49. The fourth-order valence-electron chi connectivity index (χ4n) is 1.63. The first-order valence-corrected chi connectivity index (χ1v) is 6.11. The van der Waals surface area contributed by atoms with Crippen molar-refractivity contribution in [3.05, 3.63) is 51.6 Å². The molecule has 6 heteroatoms. The lowest BCUT2D eigenvalue weighted by Gasteiger charge is -2.16. The molecule has 0 aliphatic carbocycles. The van der Waals surface area contributed by atoms with Gasteiger partial charge in [0.2, 0.25) is 0 Å². The lowest BCUT2D eigenvalue weighted by atomic mass is 10.1. The highest BCUT2D eigenvalue weighted by molar-refractivity contribution is 6.36. The van der Waals surface area contributed by atoms with E-state index in [1.54, 1.807) is 6.07 Å². The van der Waals surface area contributed by atoms with Crippen molar-refractivity contribution < 1.29 is 8.91 Å². The third-order valence-electron chi connectivity index (χ3n) is 2.59. The summed E-state index contributed by atoms with van der Waals surface area (Å²) in [5.74, 6) is -0.480. The zero-order valence-corrected chi connectivity index (χ0v) is 11.1. The summed E-state index contributed by atoms with van der Waals surface area (Å²) in [4.78, 5) is 0. The Morgan fingerprint density at radius 2 is 2.17 bits per heavy atom. The molecule has 0 aliphatic rings. The van der Waals surface area contributed by atoms with E-state index in [0.717, 1.165) is 5.69 Å². The van der Waals surface area contributed by atoms with Gasteiger partial charge in [0.25, 0.3) is 0 Å². The van der Waals surface area contributed by atoms with Crippen molar-refractivity contribution in [2.24, 2.45) is 0 Å². The number of hydrogen-bond acceptors (Lipinski definition) is 3. The fraction of sp³-hybridized carbons (Fsp3) is 0.250. The normalized spacial score (nSPS) is 12.7. The Labute approximate surface area is 114 Å². The Bertz CT molecular complexity index is 531. The second kappa shape index (κ2) is 5.69. The lowest BCUT2D eigenvalue weighted by molar-refractivity contribution is 0.406. The monoisotopic (exact) mass is 288 g/mol. The molecule has 1 aromatic heterocycles. The van der Waals surface area contributed by atoms with E-state index in [-0.39, 0.29) is 11.1 Å². The van der Waals surface area contributed by atoms with Gasteiger partial charge in [-0.3, -0.25) is 0 Å². The summed E-state index contributed by atoms with van der Waals surface area (Å²) >= 11 is 12.0. The van der Waals surface area contributed by atoms with Crippen LogP contribution in [0.1, 0.15) is 24.2 Å². The van der Waals surface area contributed by atoms with Crippen molar-refractivity contribution in [3.63, 3.8) is 0 Å². The smallest absolute Gasteiger partial charge is 0.142 e. The molecule has 1 N–H and O–H groups in total. The van der Waals surface area contributed by atoms with Gasteiger partial charge < -0.3 is 9.84 Å². The predicted molar refractivity (Wildman–Crippen MR) is 68.2 cm³/mol. The van der Waals surface area contributed by atoms with E-state index in [0.29, 0.717) is 17.1 Å². The number of nitrogens with zero attached hydrogens (tertiary/aromatic N) is 1. The molecule has 1 unspecified atom stereocenters. The van der Waals surface area contributed by atoms with Gasteiger partial charge in [-0.1, -0.05) is 28.4 Å². The van der Waals surface area contributed by atoms with E-state index in [1.807, 2.05) is 6.92 Å². The molecule has 1 heterocycles. The Morgan fingerprint density at radius 1 is 1.39 bits per heavy atom. The van der Waals surface area contributed by atoms with Gasteiger partial charge in [-0.25, -0.2) is 4.39 Å². The lowest BCUT2D eigenvalue weighted by Crippen LogP contribution is -2.19. The van der Waals surface area contributed by atoms with Gasteiger partial charge in [0, 0.05) is 29.2 Å². The number of nitrogens with one attached hydrogen (secondary N) is 1. The van der Waals surface area contributed by atoms with Crippen molar-refractivity contribution in [1.82, 2.24) is 10.5 Å². The first-order chi connectivity index (χ1) is 8.59. The van der Waals surface area contributed by atoms with Crippen LogP contribution in [0, 0.1) is 5.82 Å². The van der Waals surface area contributed by atoms with E-state index in [2.05, 4.69) is 10.5 Å². The Hall–Kier alpha value is -1.10. The van der Waals surface area contributed by atoms with Gasteiger partial charge in [-0.05, 0) is 19.1 Å². The molecular weight excluding hydrogens is 278 g/mol. The van der Waals surface area contributed by atoms with Crippen LogP contribution in [0.15, 0.2) is 29.0 Å². The highest BCUT2D eigenvalue weighted by atomic mass is 35.5. The number of aromatic nitrogens is 1. The molecule has 1 aromatic carbocycles. The molecular formula is C12H11Cl2FN2O. The maximum absolute atomic E-state index is 13.4. The largest absolute Gasteiger partial charge is 0.364 e. The summed E-state index contributed by atoms with van der Waals surface area (Å²) < 4.78 is 18.1. The van der Waals surface area contributed by atoms with Crippen molar-refractivity contribution >= 4 is 23.2 Å². The molecule has 96 valence electrons. The Balaban J connectivity index is 2.13. The van der Waals surface area contributed by atoms with Crippen molar-refractivity contribution in [3.8, 4) is 0 Å². The van der Waals surface area contributed by atoms with E-state index in [4.69, 9.17) is 27.7 Å². The summed E-state index contributed by atoms with van der Waals surface area (Å²) in [7, 11) is 0. The third kappa shape index (κ3) is 2.83. The van der Waals surface area contributed by atoms with Gasteiger partial charge in [-0.15, -0.1) is 0 Å². The van der Waals surface area contributed by atoms with Crippen LogP contribution >= 0.6 is 23.2 Å². The number of rotatable bonds is 4. The SMILES string of the molecule is CC(NCc1ccon1)c1c(Cl)ccc(F)c1Cl. The van der Waals surface area contributed by atoms with Crippen LogP contribution in [0.5, 0.6) is 0 Å². The summed E-state index contributed by atoms with van der Waals surface area (Å²) in [6, 6.07) is 4.29. The average Bonchev–Trinajstić information content (AvgIpc) is 2.85. The fourth-order valence-corrected chi connectivity index (χ4v) is 2.33. The molecule has 0 saturated carbocycles. The van der Waals surface area contributed by atoms with Crippen molar-refractivity contribution in [2.75, 3.05) is 0 Å². The van der Waals surface area contributed by atoms with Crippen LogP contribution in [0.25, 0.3) is 0 Å². The second-order valence-corrected chi connectivity index (χ2v) is 4.64. The quantitative estimate of drug-likeness (QED) is 0.865. The summed E-state index contributed by atoms with van der Waals surface area (Å²) in [5.41, 5.74) is 1.30. The molecule has 18 heavy (non-hydrogen) atoms. The Kier molecular flexibility index (Phi) is 4.22. The van der Waals surface area contributed by atoms with Crippen LogP contribution in [0.3, 0.4) is 0 Å². The zero-order valence-electron chi connectivity index (χ0n) is 9.58. The van der Waals surface area contributed by atoms with E-state index in [9.17, 15) is 4.39 Å². The highest BCUT2D eigenvalue weighted by Gasteiger charge is 2.16. The standard InChI is InChI=1S/C12H11Cl2FN2O/c1-7(16-6-8-4-5-18-17-8)11-9(13)2-3-10(15)12(11)14/h2-5,7,16H,6H2,1H3. The van der Waals surface area contributed by atoms with Crippen LogP contribution in [-0.2, 0) is 6.54 Å². The first-order valence-electron chi connectivity index (χ1n) is 5.35. The predicted octanol–water partition coefficient (Wildman–Crippen LogP) is 3.97. The minimum Gasteiger partial charge on any atom is -0.364 e. The molecule has 0 aliphatic heterocycles. The maximum Gasteiger partial charge on any atom is 0.142 e. The number of halogens is 3. The van der Waals surface area contributed by atoms with Crippen LogP contribution in [0.2, 0.25) is 10.0 Å². The molecule has 2 aromatic rings. The van der Waals surface area contributed by atoms with Gasteiger partial charge in [0.05, 0.1) is 10.7 Å². The van der Waals surface area contributed by atoms with Gasteiger partial charge in [0.1, 0.15) is 12.1 Å². The van der Waals surface area contributed by atoms with Gasteiger partial charge in [0.15, 0.2) is 0 Å². The molecule has 0 spiro atoms. The molecule has 1 atom stereocenters. The second-order valence-electron chi connectivity index (χ2n) is 3.85. The summed E-state index contributed by atoms with van der Waals surface area (Å²) in [6.45, 7) is 2.34. The van der Waals surface area contributed by atoms with Crippen molar-refractivity contribution in [2.45, 2.75) is 19.5 Å². The van der Waals surface area contributed by atoms with Gasteiger partial charge in [-0.2, -0.15) is 0 Å². The average molecular weight is 289 g/mol. The van der Waals surface area contributed by atoms with Crippen molar-refractivity contribution in [1.29, 1.82) is 0 Å². The zero-order chi connectivity index (χ0) is 13.1. The maximum atomic E-state index is 13.4. The van der Waals surface area contributed by atoms with E-state index < -0.39 is 5.82 Å². The molecule has 0 saturated heterocycles. The Morgan fingerprint density at radius 3 is 2.83 bits per heavy atom. The van der Waals surface area contributed by atoms with Crippen LogP contribution in [0.4, 0.5) is 4.39 Å². The topological polar surface area (TPSA) is 38.1 Å². The third-order valence-corrected chi connectivity index (χ3v) is 3.31. The first kappa shape index (κ1) is 13.3. The molecule has 0 bridgehead atoms. The number of benzene rings is 1. The van der Waals surface area contributed by atoms with E-state index in [1.165, 1.54) is 18.4 Å².